The zero-order chi connectivity index (χ0) is 18.3. The van der Waals surface area contributed by atoms with E-state index in [0.717, 1.165) is 13.0 Å². The van der Waals surface area contributed by atoms with E-state index in [1.54, 1.807) is 17.2 Å². The van der Waals surface area contributed by atoms with E-state index in [9.17, 15) is 9.18 Å². The van der Waals surface area contributed by atoms with Crippen molar-refractivity contribution in [3.05, 3.63) is 71.1 Å². The normalized spacial score (nSPS) is 14.1. The molecular weight excluding hydrogens is 331 g/mol. The van der Waals surface area contributed by atoms with E-state index in [-0.39, 0.29) is 17.5 Å². The highest BCUT2D eigenvalue weighted by atomic mass is 19.1. The van der Waals surface area contributed by atoms with Crippen LogP contribution in [0.2, 0.25) is 0 Å². The molecule has 3 aromatic rings. The van der Waals surface area contributed by atoms with Crippen molar-refractivity contribution in [2.75, 3.05) is 20.6 Å². The first kappa shape index (κ1) is 16.7. The zero-order valence-corrected chi connectivity index (χ0v) is 14.9. The van der Waals surface area contributed by atoms with Crippen molar-refractivity contribution >= 4 is 11.4 Å². The van der Waals surface area contributed by atoms with Crippen LogP contribution in [0.5, 0.6) is 0 Å². The molecule has 5 nitrogen and oxygen atoms in total. The summed E-state index contributed by atoms with van der Waals surface area (Å²) in [6, 6.07) is 9.41. The van der Waals surface area contributed by atoms with Gasteiger partial charge < -0.3 is 9.80 Å². The molecule has 0 radical (unpaired) electrons. The van der Waals surface area contributed by atoms with E-state index >= 15 is 0 Å². The summed E-state index contributed by atoms with van der Waals surface area (Å²) in [6.45, 7) is 2.10. The number of amides is 1. The molecule has 6 heteroatoms. The average Bonchev–Trinajstić information content (AvgIpc) is 3.05. The van der Waals surface area contributed by atoms with Crippen LogP contribution in [0, 0.1) is 5.82 Å². The molecule has 26 heavy (non-hydrogen) atoms. The van der Waals surface area contributed by atoms with Gasteiger partial charge in [0.1, 0.15) is 11.3 Å². The number of pyridine rings is 1. The topological polar surface area (TPSA) is 40.8 Å². The first-order chi connectivity index (χ1) is 12.5. The van der Waals surface area contributed by atoms with Gasteiger partial charge in [-0.25, -0.2) is 9.37 Å². The van der Waals surface area contributed by atoms with Crippen LogP contribution in [0.1, 0.15) is 27.3 Å². The smallest absolute Gasteiger partial charge is 0.290 e. The van der Waals surface area contributed by atoms with E-state index in [1.165, 1.54) is 33.4 Å². The van der Waals surface area contributed by atoms with E-state index in [4.69, 9.17) is 0 Å². The summed E-state index contributed by atoms with van der Waals surface area (Å²) in [6.07, 6.45) is 3.90. The Balaban J connectivity index is 1.58. The summed E-state index contributed by atoms with van der Waals surface area (Å²) in [5.41, 5.74) is 4.07. The Hall–Kier alpha value is -2.73. The lowest BCUT2D eigenvalue weighted by Gasteiger charge is -2.29. The lowest BCUT2D eigenvalue weighted by molar-refractivity contribution is 0.0721. The van der Waals surface area contributed by atoms with Crippen molar-refractivity contribution in [2.45, 2.75) is 19.5 Å². The van der Waals surface area contributed by atoms with Gasteiger partial charge in [-0.15, -0.1) is 0 Å². The lowest BCUT2D eigenvalue weighted by Crippen LogP contribution is -2.37. The second kappa shape index (κ2) is 6.53. The Morgan fingerprint density at radius 1 is 1.27 bits per heavy atom. The molecule has 1 aromatic carbocycles. The summed E-state index contributed by atoms with van der Waals surface area (Å²) in [4.78, 5) is 21.0. The van der Waals surface area contributed by atoms with Crippen molar-refractivity contribution in [3.63, 3.8) is 0 Å². The second-order valence-electron chi connectivity index (χ2n) is 7.01. The van der Waals surface area contributed by atoms with Crippen LogP contribution in [0.25, 0.3) is 5.52 Å². The molecule has 0 spiro atoms. The fraction of sp³-hybridized carbons (Fsp3) is 0.300. The van der Waals surface area contributed by atoms with Gasteiger partial charge in [-0.3, -0.25) is 9.20 Å². The van der Waals surface area contributed by atoms with Crippen LogP contribution in [0.15, 0.2) is 42.7 Å². The Kier molecular flexibility index (Phi) is 4.20. The van der Waals surface area contributed by atoms with Crippen LogP contribution in [0.3, 0.4) is 0 Å². The number of rotatable bonds is 3. The molecule has 0 atom stereocenters. The zero-order valence-electron chi connectivity index (χ0n) is 14.9. The van der Waals surface area contributed by atoms with Gasteiger partial charge >= 0.3 is 0 Å². The van der Waals surface area contributed by atoms with Gasteiger partial charge in [0.25, 0.3) is 5.91 Å². The number of imidazole rings is 1. The van der Waals surface area contributed by atoms with Crippen LogP contribution in [0.4, 0.5) is 4.39 Å². The van der Waals surface area contributed by atoms with E-state index < -0.39 is 0 Å². The van der Waals surface area contributed by atoms with Crippen molar-refractivity contribution in [1.82, 2.24) is 19.2 Å². The molecule has 3 heterocycles. The number of hydrogen-bond donors (Lipinski definition) is 0. The van der Waals surface area contributed by atoms with Crippen LogP contribution >= 0.6 is 0 Å². The largest absolute Gasteiger partial charge is 0.331 e. The summed E-state index contributed by atoms with van der Waals surface area (Å²) >= 11 is 0. The average molecular weight is 352 g/mol. The first-order valence-electron chi connectivity index (χ1n) is 8.69. The Labute approximate surface area is 151 Å². The summed E-state index contributed by atoms with van der Waals surface area (Å²) in [7, 11) is 4.11. The highest BCUT2D eigenvalue weighted by molar-refractivity contribution is 5.92. The van der Waals surface area contributed by atoms with E-state index in [2.05, 4.69) is 42.2 Å². The Bertz CT molecular complexity index is 979. The predicted molar refractivity (Wildman–Crippen MR) is 97.4 cm³/mol. The maximum absolute atomic E-state index is 13.8. The number of fused-ring (bicyclic) bond motifs is 2. The van der Waals surface area contributed by atoms with Crippen LogP contribution in [-0.2, 0) is 19.5 Å². The van der Waals surface area contributed by atoms with E-state index in [1.807, 2.05) is 0 Å². The van der Waals surface area contributed by atoms with Crippen molar-refractivity contribution in [1.29, 1.82) is 0 Å². The summed E-state index contributed by atoms with van der Waals surface area (Å²) < 4.78 is 15.4. The third kappa shape index (κ3) is 2.97. The number of aromatic nitrogens is 2. The van der Waals surface area contributed by atoms with Gasteiger partial charge in [0.15, 0.2) is 0 Å². The van der Waals surface area contributed by atoms with Gasteiger partial charge in [0.2, 0.25) is 5.82 Å². The third-order valence-corrected chi connectivity index (χ3v) is 4.78. The minimum Gasteiger partial charge on any atom is -0.331 e. The third-order valence-electron chi connectivity index (χ3n) is 4.78. The molecule has 0 N–H and O–H groups in total. The van der Waals surface area contributed by atoms with Gasteiger partial charge in [-0.1, -0.05) is 18.2 Å². The lowest BCUT2D eigenvalue weighted by atomic mass is 9.97. The Morgan fingerprint density at radius 2 is 2.12 bits per heavy atom. The molecule has 1 aliphatic heterocycles. The quantitative estimate of drug-likeness (QED) is 0.728. The monoisotopic (exact) mass is 352 g/mol. The van der Waals surface area contributed by atoms with Gasteiger partial charge in [0.05, 0.1) is 6.20 Å². The second-order valence-corrected chi connectivity index (χ2v) is 7.01. The maximum Gasteiger partial charge on any atom is 0.290 e. The van der Waals surface area contributed by atoms with Crippen molar-refractivity contribution in [2.24, 2.45) is 0 Å². The predicted octanol–water partition coefficient (Wildman–Crippen LogP) is 2.73. The molecule has 2 aromatic heterocycles. The number of halogens is 1. The molecule has 0 aliphatic carbocycles. The molecule has 1 amide bonds. The highest BCUT2D eigenvalue weighted by Gasteiger charge is 2.25. The number of carbonyl (C=O) groups is 1. The Morgan fingerprint density at radius 3 is 2.92 bits per heavy atom. The van der Waals surface area contributed by atoms with E-state index in [0.29, 0.717) is 18.6 Å². The van der Waals surface area contributed by atoms with Gasteiger partial charge in [-0.05, 0) is 49.3 Å². The SMILES string of the molecule is CN(C)Cc1ccc2c(c1)CCN(C(=O)c1ncc3c(F)cccn13)C2. The number of benzene rings is 1. The van der Waals surface area contributed by atoms with Crippen LogP contribution in [-0.4, -0.2) is 45.7 Å². The summed E-state index contributed by atoms with van der Waals surface area (Å²) in [5.74, 6) is -0.290. The van der Waals surface area contributed by atoms with Crippen molar-refractivity contribution < 1.29 is 9.18 Å². The van der Waals surface area contributed by atoms with Crippen molar-refractivity contribution in [3.8, 4) is 0 Å². The fourth-order valence-electron chi connectivity index (χ4n) is 3.53. The maximum atomic E-state index is 13.8. The molecule has 0 bridgehead atoms. The standard InChI is InChI=1S/C20H21FN4O/c1-23(2)12-14-5-6-16-13-24(9-7-15(16)10-14)20(26)19-22-11-18-17(21)4-3-8-25(18)19/h3-6,8,10-11H,7,9,12-13H2,1-2H3. The van der Waals surface area contributed by atoms with Gasteiger partial charge in [-0.2, -0.15) is 0 Å². The molecule has 1 aliphatic rings. The van der Waals surface area contributed by atoms with Crippen LogP contribution < -0.4 is 0 Å². The first-order valence-corrected chi connectivity index (χ1v) is 8.69. The molecule has 134 valence electrons. The minimum atomic E-state index is -0.378. The number of carbonyl (C=O) groups excluding carboxylic acids is 1. The summed E-state index contributed by atoms with van der Waals surface area (Å²) in [5, 5.41) is 0. The molecule has 0 saturated carbocycles. The fourth-order valence-corrected chi connectivity index (χ4v) is 3.53. The molecule has 0 fully saturated rings. The minimum absolute atomic E-state index is 0.168. The highest BCUT2D eigenvalue weighted by Crippen LogP contribution is 2.23. The molecular formula is C20H21FN4O. The number of hydrogen-bond acceptors (Lipinski definition) is 3. The molecule has 4 rings (SSSR count). The molecule has 0 unspecified atom stereocenters. The number of nitrogens with zero attached hydrogens (tertiary/aromatic N) is 4. The van der Waals surface area contributed by atoms with Gasteiger partial charge in [0, 0.05) is 25.8 Å². The molecule has 0 saturated heterocycles.